The predicted octanol–water partition coefficient (Wildman–Crippen LogP) is 7.68. The van der Waals surface area contributed by atoms with Crippen molar-refractivity contribution in [1.29, 1.82) is 0 Å². The molecule has 0 radical (unpaired) electrons. The molecule has 0 bridgehead atoms. The van der Waals surface area contributed by atoms with E-state index < -0.39 is 36.7 Å². The molecule has 0 aliphatic carbocycles. The first-order valence-corrected chi connectivity index (χ1v) is 19.3. The van der Waals surface area contributed by atoms with Crippen LogP contribution < -0.4 is 0 Å². The molecule has 0 saturated carbocycles. The average Bonchev–Trinajstić information content (AvgIpc) is 3.45. The van der Waals surface area contributed by atoms with Gasteiger partial charge in [-0.15, -0.1) is 0 Å². The number of imide groups is 1. The normalized spacial score (nSPS) is 20.7. The third-order valence-electron chi connectivity index (χ3n) is 9.79. The van der Waals surface area contributed by atoms with Gasteiger partial charge in [0.2, 0.25) is 0 Å². The molecule has 2 aliphatic rings. The van der Waals surface area contributed by atoms with Crippen molar-refractivity contribution < 1.29 is 42.8 Å². The van der Waals surface area contributed by atoms with Crippen molar-refractivity contribution in [3.63, 3.8) is 0 Å². The molecule has 0 aromatic heterocycles. The Bertz CT molecular complexity index is 1750. The molecular weight excluding hydrogens is 698 g/mol. The molecule has 10 heteroatoms. The summed E-state index contributed by atoms with van der Waals surface area (Å²) in [4.78, 5) is 39.2. The van der Waals surface area contributed by atoms with Crippen LogP contribution in [0.25, 0.3) is 0 Å². The van der Waals surface area contributed by atoms with Crippen molar-refractivity contribution in [2.24, 2.45) is 0 Å². The fourth-order valence-electron chi connectivity index (χ4n) is 6.98. The zero-order chi connectivity index (χ0) is 38.2. The number of amides is 2. The minimum atomic E-state index is -0.911. The molecule has 0 unspecified atom stereocenters. The lowest BCUT2D eigenvalue weighted by Crippen LogP contribution is -2.62. The molecule has 2 amide bonds. The number of esters is 1. The van der Waals surface area contributed by atoms with E-state index in [1.807, 2.05) is 91.0 Å². The first-order valence-electron chi connectivity index (χ1n) is 19.3. The van der Waals surface area contributed by atoms with Gasteiger partial charge in [-0.1, -0.05) is 129 Å². The summed E-state index contributed by atoms with van der Waals surface area (Å²) in [7, 11) is 0. The SMILES string of the molecule is CC(=O)O[C@@H]1[C@@H](OCCCCCCCCN2C(=O)c3ccccc3C2=O)O[C@H](COCc2ccccc2)[C@@H](OCc2ccccc2)[C@@H]1OCc1ccccc1. The zero-order valence-corrected chi connectivity index (χ0v) is 31.5. The van der Waals surface area contributed by atoms with E-state index in [4.69, 9.17) is 28.4 Å². The molecule has 4 aromatic carbocycles. The maximum Gasteiger partial charge on any atom is 0.303 e. The first kappa shape index (κ1) is 40.0. The van der Waals surface area contributed by atoms with Crippen LogP contribution in [-0.2, 0) is 53.0 Å². The summed E-state index contributed by atoms with van der Waals surface area (Å²) in [5, 5.41) is 0. The Morgan fingerprint density at radius 1 is 0.582 bits per heavy atom. The fraction of sp³-hybridized carbons (Fsp3) is 0.400. The number of fused-ring (bicyclic) bond motifs is 1. The van der Waals surface area contributed by atoms with E-state index >= 15 is 0 Å². The molecule has 0 N–H and O–H groups in total. The Morgan fingerprint density at radius 3 is 1.64 bits per heavy atom. The Labute approximate surface area is 323 Å². The van der Waals surface area contributed by atoms with Crippen LogP contribution in [0.3, 0.4) is 0 Å². The number of rotatable bonds is 21. The lowest BCUT2D eigenvalue weighted by atomic mass is 9.97. The van der Waals surface area contributed by atoms with Gasteiger partial charge in [-0.2, -0.15) is 0 Å². The van der Waals surface area contributed by atoms with E-state index in [0.29, 0.717) is 37.5 Å². The van der Waals surface area contributed by atoms with Gasteiger partial charge < -0.3 is 28.4 Å². The van der Waals surface area contributed by atoms with E-state index in [1.54, 1.807) is 24.3 Å². The van der Waals surface area contributed by atoms with Gasteiger partial charge in [-0.25, -0.2) is 0 Å². The summed E-state index contributed by atoms with van der Waals surface area (Å²) in [5.41, 5.74) is 3.96. The number of hydrogen-bond acceptors (Lipinski definition) is 9. The minimum Gasteiger partial charge on any atom is -0.454 e. The van der Waals surface area contributed by atoms with E-state index in [1.165, 1.54) is 11.8 Å². The van der Waals surface area contributed by atoms with E-state index in [2.05, 4.69) is 0 Å². The number of ether oxygens (including phenoxy) is 6. The number of benzene rings is 4. The summed E-state index contributed by atoms with van der Waals surface area (Å²) >= 11 is 0. The highest BCUT2D eigenvalue weighted by atomic mass is 16.7. The molecule has 1 fully saturated rings. The monoisotopic (exact) mass is 749 g/mol. The molecule has 2 aliphatic heterocycles. The van der Waals surface area contributed by atoms with Crippen LogP contribution in [0.4, 0.5) is 0 Å². The molecule has 55 heavy (non-hydrogen) atoms. The smallest absolute Gasteiger partial charge is 0.303 e. The molecule has 290 valence electrons. The number of nitrogens with zero attached hydrogens (tertiary/aromatic N) is 1. The third-order valence-corrected chi connectivity index (χ3v) is 9.79. The maximum absolute atomic E-state index is 12.7. The minimum absolute atomic E-state index is 0.201. The first-order chi connectivity index (χ1) is 27.0. The molecule has 2 heterocycles. The summed E-state index contributed by atoms with van der Waals surface area (Å²) in [5.74, 6) is -0.889. The molecule has 1 saturated heterocycles. The third kappa shape index (κ3) is 11.4. The highest BCUT2D eigenvalue weighted by Gasteiger charge is 2.50. The van der Waals surface area contributed by atoms with Crippen molar-refractivity contribution >= 4 is 17.8 Å². The second-order valence-electron chi connectivity index (χ2n) is 13.9. The Kier molecular flexibility index (Phi) is 15.1. The lowest BCUT2D eigenvalue weighted by molar-refractivity contribution is -0.321. The number of hydrogen-bond donors (Lipinski definition) is 0. The van der Waals surface area contributed by atoms with E-state index in [-0.39, 0.29) is 25.0 Å². The van der Waals surface area contributed by atoms with Crippen LogP contribution in [-0.4, -0.2) is 73.1 Å². The van der Waals surface area contributed by atoms with Crippen LogP contribution in [0.5, 0.6) is 0 Å². The number of carbonyl (C=O) groups is 3. The summed E-state index contributed by atoms with van der Waals surface area (Å²) in [6.45, 7) is 3.33. The van der Waals surface area contributed by atoms with Gasteiger partial charge in [0.15, 0.2) is 12.4 Å². The highest BCUT2D eigenvalue weighted by molar-refractivity contribution is 6.21. The van der Waals surface area contributed by atoms with Crippen LogP contribution >= 0.6 is 0 Å². The van der Waals surface area contributed by atoms with Crippen LogP contribution in [0.1, 0.15) is 82.9 Å². The van der Waals surface area contributed by atoms with Gasteiger partial charge in [0.05, 0.1) is 37.6 Å². The number of unbranched alkanes of at least 4 members (excludes halogenated alkanes) is 5. The Balaban J connectivity index is 1.06. The van der Waals surface area contributed by atoms with Crippen molar-refractivity contribution in [3.8, 4) is 0 Å². The van der Waals surface area contributed by atoms with Gasteiger partial charge in [0, 0.05) is 20.1 Å². The zero-order valence-electron chi connectivity index (χ0n) is 31.5. The molecule has 6 rings (SSSR count). The second kappa shape index (κ2) is 20.8. The quantitative estimate of drug-likeness (QED) is 0.0481. The second-order valence-corrected chi connectivity index (χ2v) is 13.9. The lowest BCUT2D eigenvalue weighted by Gasteiger charge is -2.45. The Morgan fingerprint density at radius 2 is 1.07 bits per heavy atom. The molecule has 0 spiro atoms. The Hall–Kier alpha value is -4.71. The topological polar surface area (TPSA) is 110 Å². The van der Waals surface area contributed by atoms with Crippen molar-refractivity contribution in [2.75, 3.05) is 19.8 Å². The van der Waals surface area contributed by atoms with Crippen LogP contribution in [0, 0.1) is 0 Å². The maximum atomic E-state index is 12.7. The summed E-state index contributed by atoms with van der Waals surface area (Å²) in [6, 6.07) is 36.6. The van der Waals surface area contributed by atoms with Gasteiger partial charge in [-0.05, 0) is 41.7 Å². The van der Waals surface area contributed by atoms with Crippen molar-refractivity contribution in [3.05, 3.63) is 143 Å². The van der Waals surface area contributed by atoms with Gasteiger partial charge >= 0.3 is 5.97 Å². The molecule has 4 aromatic rings. The van der Waals surface area contributed by atoms with Gasteiger partial charge in [-0.3, -0.25) is 19.3 Å². The summed E-state index contributed by atoms with van der Waals surface area (Å²) < 4.78 is 38.2. The fourth-order valence-corrected chi connectivity index (χ4v) is 6.98. The standard InChI is InChI=1S/C45H51NO9/c1-33(47)54-42-41(53-31-36-23-13-8-14-24-36)40(52-30-35-21-11-7-12-22-35)39(32-50-29-34-19-9-6-10-20-34)55-45(42)51-28-18-5-3-2-4-17-27-46-43(48)37-25-15-16-26-38(37)44(46)49/h6-16,19-26,39-42,45H,2-5,17-18,27-32H2,1H3/t39-,40-,41+,42+,45+/m1/s1. The average molecular weight is 750 g/mol. The van der Waals surface area contributed by atoms with Crippen molar-refractivity contribution in [1.82, 2.24) is 4.90 Å². The predicted molar refractivity (Wildman–Crippen MR) is 206 cm³/mol. The van der Waals surface area contributed by atoms with Crippen LogP contribution in [0.15, 0.2) is 115 Å². The molecule has 10 nitrogen and oxygen atoms in total. The highest BCUT2D eigenvalue weighted by Crippen LogP contribution is 2.31. The van der Waals surface area contributed by atoms with Gasteiger partial charge in [0.1, 0.15) is 18.3 Å². The van der Waals surface area contributed by atoms with E-state index in [9.17, 15) is 14.4 Å². The van der Waals surface area contributed by atoms with Gasteiger partial charge in [0.25, 0.3) is 11.8 Å². The molecular formula is C45H51NO9. The number of carbonyl (C=O) groups excluding carboxylic acids is 3. The summed E-state index contributed by atoms with van der Waals surface area (Å²) in [6.07, 6.45) is 1.52. The van der Waals surface area contributed by atoms with Crippen molar-refractivity contribution in [2.45, 2.75) is 96.0 Å². The molecule has 5 atom stereocenters. The van der Waals surface area contributed by atoms with Crippen LogP contribution in [0.2, 0.25) is 0 Å². The largest absolute Gasteiger partial charge is 0.454 e. The van der Waals surface area contributed by atoms with E-state index in [0.717, 1.165) is 55.2 Å².